The topological polar surface area (TPSA) is 74.5 Å². The third-order valence-corrected chi connectivity index (χ3v) is 5.82. The Bertz CT molecular complexity index is 763. The molecule has 2 aromatic heterocycles. The lowest BCUT2D eigenvalue weighted by molar-refractivity contribution is 0.0710. The molecular weight excluding hydrogens is 338 g/mol. The smallest absolute Gasteiger partial charge is 0.265 e. The Kier molecular flexibility index (Phi) is 4.58. The number of hydrogen-bond donors (Lipinski definition) is 1. The van der Waals surface area contributed by atoms with Crippen LogP contribution in [0.3, 0.4) is 0 Å². The van der Waals surface area contributed by atoms with Crippen LogP contribution in [0.25, 0.3) is 0 Å². The predicted octanol–water partition coefficient (Wildman–Crippen LogP) is 1.64. The second kappa shape index (κ2) is 6.86. The van der Waals surface area contributed by atoms with Crippen LogP contribution in [0.2, 0.25) is 0 Å². The van der Waals surface area contributed by atoms with Crippen LogP contribution in [0.1, 0.15) is 51.9 Å². The zero-order valence-corrected chi connectivity index (χ0v) is 15.2. The SMILES string of the molecule is C[C@H](O)c1cc2n(n1)CCN(C(=O)c1cnc(CN3CCCC3)s1)C2. The van der Waals surface area contributed by atoms with Crippen LogP contribution in [0.4, 0.5) is 0 Å². The molecule has 1 N–H and O–H groups in total. The third kappa shape index (κ3) is 3.47. The Morgan fingerprint density at radius 2 is 2.12 bits per heavy atom. The van der Waals surface area contributed by atoms with Crippen molar-refractivity contribution >= 4 is 17.2 Å². The fourth-order valence-electron chi connectivity index (χ4n) is 3.44. The summed E-state index contributed by atoms with van der Waals surface area (Å²) in [5.41, 5.74) is 1.63. The van der Waals surface area contributed by atoms with E-state index in [1.165, 1.54) is 24.2 Å². The summed E-state index contributed by atoms with van der Waals surface area (Å²) in [5, 5.41) is 15.1. The molecule has 2 aliphatic rings. The Labute approximate surface area is 150 Å². The molecule has 2 aliphatic heterocycles. The molecule has 0 spiro atoms. The summed E-state index contributed by atoms with van der Waals surface area (Å²) >= 11 is 1.51. The minimum atomic E-state index is -0.586. The molecule has 7 nitrogen and oxygen atoms in total. The Balaban J connectivity index is 1.43. The van der Waals surface area contributed by atoms with Gasteiger partial charge in [-0.25, -0.2) is 4.98 Å². The summed E-state index contributed by atoms with van der Waals surface area (Å²) in [6.45, 7) is 6.63. The van der Waals surface area contributed by atoms with Crippen molar-refractivity contribution in [1.29, 1.82) is 0 Å². The second-order valence-corrected chi connectivity index (χ2v) is 7.90. The number of rotatable bonds is 4. The first-order valence-corrected chi connectivity index (χ1v) is 9.63. The van der Waals surface area contributed by atoms with Gasteiger partial charge in [0.25, 0.3) is 5.91 Å². The highest BCUT2D eigenvalue weighted by Gasteiger charge is 2.25. The summed E-state index contributed by atoms with van der Waals surface area (Å²) in [4.78, 5) is 22.2. The van der Waals surface area contributed by atoms with Gasteiger partial charge in [0.2, 0.25) is 0 Å². The van der Waals surface area contributed by atoms with Crippen molar-refractivity contribution in [3.05, 3.63) is 33.5 Å². The van der Waals surface area contributed by atoms with Gasteiger partial charge in [-0.1, -0.05) is 0 Å². The molecule has 0 aromatic carbocycles. The molecule has 2 aromatic rings. The molecule has 0 saturated carbocycles. The average molecular weight is 361 g/mol. The number of carbonyl (C=O) groups excluding carboxylic acids is 1. The molecule has 1 saturated heterocycles. The van der Waals surface area contributed by atoms with Crippen molar-refractivity contribution in [1.82, 2.24) is 24.6 Å². The van der Waals surface area contributed by atoms with E-state index in [4.69, 9.17) is 0 Å². The van der Waals surface area contributed by atoms with Crippen LogP contribution >= 0.6 is 11.3 Å². The summed E-state index contributed by atoms with van der Waals surface area (Å²) in [5.74, 6) is 0.0382. The number of aliphatic hydroxyl groups is 1. The largest absolute Gasteiger partial charge is 0.387 e. The molecule has 25 heavy (non-hydrogen) atoms. The van der Waals surface area contributed by atoms with Crippen molar-refractivity contribution in [3.63, 3.8) is 0 Å². The van der Waals surface area contributed by atoms with Crippen molar-refractivity contribution in [2.45, 2.75) is 45.5 Å². The summed E-state index contributed by atoms with van der Waals surface area (Å²) in [7, 11) is 0. The molecule has 1 amide bonds. The minimum Gasteiger partial charge on any atom is -0.387 e. The first kappa shape index (κ1) is 16.7. The Hall–Kier alpha value is -1.77. The van der Waals surface area contributed by atoms with E-state index in [-0.39, 0.29) is 5.91 Å². The highest BCUT2D eigenvalue weighted by atomic mass is 32.1. The van der Waals surface area contributed by atoms with Crippen molar-refractivity contribution in [2.24, 2.45) is 0 Å². The lowest BCUT2D eigenvalue weighted by atomic mass is 10.2. The molecule has 0 aliphatic carbocycles. The van der Waals surface area contributed by atoms with Crippen LogP contribution < -0.4 is 0 Å². The molecule has 1 atom stereocenters. The number of fused-ring (bicyclic) bond motifs is 1. The van der Waals surface area contributed by atoms with Gasteiger partial charge >= 0.3 is 0 Å². The summed E-state index contributed by atoms with van der Waals surface area (Å²) < 4.78 is 1.89. The number of hydrogen-bond acceptors (Lipinski definition) is 6. The predicted molar refractivity (Wildman–Crippen MR) is 94.2 cm³/mol. The minimum absolute atomic E-state index is 0.0382. The monoisotopic (exact) mass is 361 g/mol. The first-order valence-electron chi connectivity index (χ1n) is 8.81. The van der Waals surface area contributed by atoms with E-state index in [9.17, 15) is 9.90 Å². The van der Waals surface area contributed by atoms with Gasteiger partial charge in [-0.05, 0) is 38.9 Å². The number of likely N-dealkylation sites (tertiary alicyclic amines) is 1. The summed E-state index contributed by atoms with van der Waals surface area (Å²) in [6, 6.07) is 1.88. The van der Waals surface area contributed by atoms with Gasteiger partial charge in [0.05, 0.1) is 43.3 Å². The Morgan fingerprint density at radius 1 is 1.32 bits per heavy atom. The van der Waals surface area contributed by atoms with Gasteiger partial charge in [-0.2, -0.15) is 5.10 Å². The quantitative estimate of drug-likeness (QED) is 0.896. The van der Waals surface area contributed by atoms with Crippen molar-refractivity contribution < 1.29 is 9.90 Å². The van der Waals surface area contributed by atoms with Crippen LogP contribution in [0.5, 0.6) is 0 Å². The number of nitrogens with zero attached hydrogens (tertiary/aromatic N) is 5. The number of carbonyl (C=O) groups is 1. The number of aliphatic hydroxyl groups excluding tert-OH is 1. The zero-order valence-electron chi connectivity index (χ0n) is 14.4. The highest BCUT2D eigenvalue weighted by molar-refractivity contribution is 7.13. The molecule has 0 unspecified atom stereocenters. The van der Waals surface area contributed by atoms with Crippen LogP contribution in [-0.4, -0.2) is 55.2 Å². The molecule has 134 valence electrons. The average Bonchev–Trinajstić information content (AvgIpc) is 3.34. The highest BCUT2D eigenvalue weighted by Crippen LogP contribution is 2.23. The van der Waals surface area contributed by atoms with Crippen molar-refractivity contribution in [2.75, 3.05) is 19.6 Å². The number of amides is 1. The van der Waals surface area contributed by atoms with E-state index in [2.05, 4.69) is 15.0 Å². The lowest BCUT2D eigenvalue weighted by Gasteiger charge is -2.27. The molecular formula is C17H23N5O2S. The molecule has 0 bridgehead atoms. The van der Waals surface area contributed by atoms with E-state index < -0.39 is 6.10 Å². The van der Waals surface area contributed by atoms with E-state index in [0.717, 1.165) is 30.3 Å². The van der Waals surface area contributed by atoms with E-state index in [0.29, 0.717) is 30.2 Å². The van der Waals surface area contributed by atoms with E-state index in [1.807, 2.05) is 15.6 Å². The van der Waals surface area contributed by atoms with E-state index >= 15 is 0 Å². The fraction of sp³-hybridized carbons (Fsp3) is 0.588. The van der Waals surface area contributed by atoms with Gasteiger partial charge in [0.15, 0.2) is 0 Å². The number of aromatic nitrogens is 3. The molecule has 4 rings (SSSR count). The van der Waals surface area contributed by atoms with E-state index in [1.54, 1.807) is 13.1 Å². The van der Waals surface area contributed by atoms with Crippen LogP contribution in [-0.2, 0) is 19.6 Å². The molecule has 0 radical (unpaired) electrons. The molecule has 1 fully saturated rings. The number of thiazole rings is 1. The van der Waals surface area contributed by atoms with Crippen LogP contribution in [0, 0.1) is 0 Å². The zero-order chi connectivity index (χ0) is 17.4. The maximum atomic E-state index is 12.8. The van der Waals surface area contributed by atoms with Gasteiger partial charge < -0.3 is 10.0 Å². The summed E-state index contributed by atoms with van der Waals surface area (Å²) in [6.07, 6.45) is 3.64. The second-order valence-electron chi connectivity index (χ2n) is 6.79. The fourth-order valence-corrected chi connectivity index (χ4v) is 4.36. The molecule has 4 heterocycles. The maximum Gasteiger partial charge on any atom is 0.265 e. The normalized spacial score (nSPS) is 19.2. The van der Waals surface area contributed by atoms with Gasteiger partial charge in [-0.3, -0.25) is 14.4 Å². The Morgan fingerprint density at radius 3 is 2.88 bits per heavy atom. The molecule has 8 heteroatoms. The first-order chi connectivity index (χ1) is 12.1. The maximum absolute atomic E-state index is 12.8. The third-order valence-electron chi connectivity index (χ3n) is 4.85. The van der Waals surface area contributed by atoms with Gasteiger partial charge in [0.1, 0.15) is 9.88 Å². The van der Waals surface area contributed by atoms with Gasteiger partial charge in [0, 0.05) is 6.54 Å². The van der Waals surface area contributed by atoms with Crippen LogP contribution in [0.15, 0.2) is 12.3 Å². The van der Waals surface area contributed by atoms with Crippen molar-refractivity contribution in [3.8, 4) is 0 Å². The lowest BCUT2D eigenvalue weighted by Crippen LogP contribution is -2.38. The standard InChI is InChI=1S/C17H23N5O2S/c1-12(23)14-8-13-10-21(6-7-22(13)19-14)17(24)15-9-18-16(25-15)11-20-4-2-3-5-20/h8-9,12,23H,2-7,10-11H2,1H3/t12-/m0/s1. The van der Waals surface area contributed by atoms with Gasteiger partial charge in [-0.15, -0.1) is 11.3 Å².